The number of aliphatic hydroxyl groups excluding tert-OH is 1. The van der Waals surface area contributed by atoms with E-state index in [0.717, 1.165) is 16.8 Å². The molecule has 0 aliphatic carbocycles. The fourth-order valence-electron chi connectivity index (χ4n) is 1.32. The first-order valence-corrected chi connectivity index (χ1v) is 3.86. The highest BCUT2D eigenvalue weighted by atomic mass is 16.3. The van der Waals surface area contributed by atoms with E-state index in [1.54, 1.807) is 4.52 Å². The molecule has 0 saturated carbocycles. The second kappa shape index (κ2) is 2.60. The molecule has 0 radical (unpaired) electrons. The van der Waals surface area contributed by atoms with Gasteiger partial charge in [0.1, 0.15) is 0 Å². The topological polar surface area (TPSA) is 37.5 Å². The van der Waals surface area contributed by atoms with Crippen molar-refractivity contribution in [3.8, 4) is 0 Å². The molecule has 0 spiro atoms. The van der Waals surface area contributed by atoms with Crippen LogP contribution in [0.25, 0.3) is 5.52 Å². The summed E-state index contributed by atoms with van der Waals surface area (Å²) >= 11 is 0. The molecule has 62 valence electrons. The summed E-state index contributed by atoms with van der Waals surface area (Å²) in [5.41, 5.74) is 2.86. The molecule has 0 unspecified atom stereocenters. The third-order valence-electron chi connectivity index (χ3n) is 2.03. The van der Waals surface area contributed by atoms with Crippen molar-refractivity contribution in [2.45, 2.75) is 13.5 Å². The molecule has 0 bridgehead atoms. The fourth-order valence-corrected chi connectivity index (χ4v) is 1.32. The molecule has 0 saturated heterocycles. The van der Waals surface area contributed by atoms with Crippen LogP contribution in [0, 0.1) is 6.92 Å². The average Bonchev–Trinajstić information content (AvgIpc) is 2.44. The third kappa shape index (κ3) is 0.905. The van der Waals surface area contributed by atoms with Gasteiger partial charge in [0.15, 0.2) is 0 Å². The molecular weight excluding hydrogens is 152 g/mol. The molecular formula is C9H10N2O. The third-order valence-corrected chi connectivity index (χ3v) is 2.03. The van der Waals surface area contributed by atoms with E-state index in [1.165, 1.54) is 0 Å². The number of hydrogen-bond acceptors (Lipinski definition) is 2. The second-order valence-electron chi connectivity index (χ2n) is 2.76. The standard InChI is InChI=1S/C9H10N2O/c1-7-8(6-12)10-11-5-3-2-4-9(7)11/h2-5,12H,6H2,1H3. The lowest BCUT2D eigenvalue weighted by Gasteiger charge is -1.89. The molecule has 0 aliphatic heterocycles. The van der Waals surface area contributed by atoms with Crippen molar-refractivity contribution in [3.63, 3.8) is 0 Å². The van der Waals surface area contributed by atoms with E-state index in [2.05, 4.69) is 5.10 Å². The Balaban J connectivity index is 2.78. The van der Waals surface area contributed by atoms with Crippen LogP contribution in [-0.4, -0.2) is 14.7 Å². The average molecular weight is 162 g/mol. The van der Waals surface area contributed by atoms with Crippen LogP contribution in [0.4, 0.5) is 0 Å². The summed E-state index contributed by atoms with van der Waals surface area (Å²) in [5, 5.41) is 13.1. The molecule has 3 heteroatoms. The Morgan fingerprint density at radius 2 is 2.33 bits per heavy atom. The molecule has 0 fully saturated rings. The number of aliphatic hydroxyl groups is 1. The largest absolute Gasteiger partial charge is 0.390 e. The summed E-state index contributed by atoms with van der Waals surface area (Å²) in [4.78, 5) is 0. The maximum absolute atomic E-state index is 8.94. The van der Waals surface area contributed by atoms with Crippen molar-refractivity contribution < 1.29 is 5.11 Å². The number of fused-ring (bicyclic) bond motifs is 1. The van der Waals surface area contributed by atoms with E-state index in [-0.39, 0.29) is 6.61 Å². The predicted octanol–water partition coefficient (Wildman–Crippen LogP) is 1.14. The lowest BCUT2D eigenvalue weighted by Crippen LogP contribution is -1.87. The molecule has 12 heavy (non-hydrogen) atoms. The summed E-state index contributed by atoms with van der Waals surface area (Å²) in [7, 11) is 0. The molecule has 1 N–H and O–H groups in total. The van der Waals surface area contributed by atoms with Gasteiger partial charge in [0.25, 0.3) is 0 Å². The van der Waals surface area contributed by atoms with Crippen LogP contribution in [0.2, 0.25) is 0 Å². The first-order chi connectivity index (χ1) is 5.83. The van der Waals surface area contributed by atoms with E-state index in [4.69, 9.17) is 5.11 Å². The first kappa shape index (κ1) is 7.31. The molecule has 2 heterocycles. The molecule has 0 atom stereocenters. The molecule has 2 rings (SSSR count). The van der Waals surface area contributed by atoms with Gasteiger partial charge in [0.05, 0.1) is 17.8 Å². The number of rotatable bonds is 1. The minimum atomic E-state index is 0.00745. The van der Waals surface area contributed by atoms with Crippen molar-refractivity contribution in [2.24, 2.45) is 0 Å². The van der Waals surface area contributed by atoms with Gasteiger partial charge in [-0.3, -0.25) is 0 Å². The maximum Gasteiger partial charge on any atom is 0.0918 e. The van der Waals surface area contributed by atoms with Crippen molar-refractivity contribution in [1.82, 2.24) is 9.61 Å². The zero-order chi connectivity index (χ0) is 8.55. The number of hydrogen-bond donors (Lipinski definition) is 1. The van der Waals surface area contributed by atoms with Crippen LogP contribution in [-0.2, 0) is 6.61 Å². The van der Waals surface area contributed by atoms with Gasteiger partial charge in [0.2, 0.25) is 0 Å². The van der Waals surface area contributed by atoms with Gasteiger partial charge in [-0.15, -0.1) is 0 Å². The summed E-state index contributed by atoms with van der Waals surface area (Å²) in [6.45, 7) is 1.97. The summed E-state index contributed by atoms with van der Waals surface area (Å²) in [5.74, 6) is 0. The van der Waals surface area contributed by atoms with Gasteiger partial charge < -0.3 is 5.11 Å². The van der Waals surface area contributed by atoms with Gasteiger partial charge in [-0.1, -0.05) is 6.07 Å². The van der Waals surface area contributed by atoms with Gasteiger partial charge in [-0.2, -0.15) is 5.10 Å². The fraction of sp³-hybridized carbons (Fsp3) is 0.222. The van der Waals surface area contributed by atoms with E-state index in [0.29, 0.717) is 0 Å². The lowest BCUT2D eigenvalue weighted by atomic mass is 10.2. The van der Waals surface area contributed by atoms with Gasteiger partial charge in [0, 0.05) is 11.8 Å². The van der Waals surface area contributed by atoms with E-state index < -0.39 is 0 Å². The molecule has 0 amide bonds. The number of aryl methyl sites for hydroxylation is 1. The monoisotopic (exact) mass is 162 g/mol. The van der Waals surface area contributed by atoms with Crippen molar-refractivity contribution in [2.75, 3.05) is 0 Å². The Morgan fingerprint density at radius 1 is 1.50 bits per heavy atom. The van der Waals surface area contributed by atoms with Crippen LogP contribution in [0.5, 0.6) is 0 Å². The van der Waals surface area contributed by atoms with Crippen LogP contribution >= 0.6 is 0 Å². The van der Waals surface area contributed by atoms with Gasteiger partial charge >= 0.3 is 0 Å². The highest BCUT2D eigenvalue weighted by Gasteiger charge is 2.05. The van der Waals surface area contributed by atoms with Gasteiger partial charge in [-0.05, 0) is 19.1 Å². The SMILES string of the molecule is Cc1c(CO)nn2ccccc12. The minimum absolute atomic E-state index is 0.00745. The molecule has 2 aromatic heterocycles. The minimum Gasteiger partial charge on any atom is -0.390 e. The summed E-state index contributed by atoms with van der Waals surface area (Å²) in [6, 6.07) is 5.87. The van der Waals surface area contributed by atoms with Crippen molar-refractivity contribution >= 4 is 5.52 Å². The highest BCUT2D eigenvalue weighted by Crippen LogP contribution is 2.13. The Labute approximate surface area is 70.3 Å². The quantitative estimate of drug-likeness (QED) is 0.682. The summed E-state index contributed by atoms with van der Waals surface area (Å²) in [6.07, 6.45) is 1.88. The van der Waals surface area contributed by atoms with E-state index >= 15 is 0 Å². The maximum atomic E-state index is 8.94. The van der Waals surface area contributed by atoms with E-state index in [9.17, 15) is 0 Å². The highest BCUT2D eigenvalue weighted by molar-refractivity contribution is 5.55. The zero-order valence-electron chi connectivity index (χ0n) is 6.86. The van der Waals surface area contributed by atoms with Crippen molar-refractivity contribution in [1.29, 1.82) is 0 Å². The molecule has 0 aromatic carbocycles. The first-order valence-electron chi connectivity index (χ1n) is 3.86. The van der Waals surface area contributed by atoms with Crippen LogP contribution in [0.3, 0.4) is 0 Å². The second-order valence-corrected chi connectivity index (χ2v) is 2.76. The van der Waals surface area contributed by atoms with Crippen LogP contribution < -0.4 is 0 Å². The number of pyridine rings is 1. The van der Waals surface area contributed by atoms with Crippen LogP contribution in [0.15, 0.2) is 24.4 Å². The number of nitrogens with zero attached hydrogens (tertiary/aromatic N) is 2. The smallest absolute Gasteiger partial charge is 0.0918 e. The normalized spacial score (nSPS) is 10.8. The Hall–Kier alpha value is -1.35. The van der Waals surface area contributed by atoms with Crippen molar-refractivity contribution in [3.05, 3.63) is 35.7 Å². The lowest BCUT2D eigenvalue weighted by molar-refractivity contribution is 0.275. The Kier molecular flexibility index (Phi) is 1.59. The molecule has 3 nitrogen and oxygen atoms in total. The molecule has 2 aromatic rings. The van der Waals surface area contributed by atoms with Gasteiger partial charge in [-0.25, -0.2) is 4.52 Å². The van der Waals surface area contributed by atoms with Crippen LogP contribution in [0.1, 0.15) is 11.3 Å². The Morgan fingerprint density at radius 3 is 3.00 bits per heavy atom. The van der Waals surface area contributed by atoms with E-state index in [1.807, 2.05) is 31.3 Å². The summed E-state index contributed by atoms with van der Waals surface area (Å²) < 4.78 is 1.78. The Bertz CT molecular complexity index is 406. The predicted molar refractivity (Wildman–Crippen MR) is 45.9 cm³/mol. The number of aromatic nitrogens is 2. The zero-order valence-corrected chi connectivity index (χ0v) is 6.86. The molecule has 0 aliphatic rings.